The van der Waals surface area contributed by atoms with Crippen molar-refractivity contribution in [2.45, 2.75) is 58.3 Å². The molecule has 1 atom stereocenters. The van der Waals surface area contributed by atoms with Crippen molar-refractivity contribution in [1.82, 2.24) is 9.55 Å². The van der Waals surface area contributed by atoms with Gasteiger partial charge in [0.15, 0.2) is 0 Å². The van der Waals surface area contributed by atoms with E-state index in [9.17, 15) is 0 Å². The first-order valence-corrected chi connectivity index (χ1v) is 7.21. The number of nitrogens with zero attached hydrogens (tertiary/aromatic N) is 2. The van der Waals surface area contributed by atoms with E-state index in [-0.39, 0.29) is 5.60 Å². The van der Waals surface area contributed by atoms with Crippen LogP contribution in [0.15, 0.2) is 24.3 Å². The van der Waals surface area contributed by atoms with Crippen LogP contribution < -0.4 is 0 Å². The lowest BCUT2D eigenvalue weighted by atomic mass is 10.1. The van der Waals surface area contributed by atoms with Gasteiger partial charge in [0.2, 0.25) is 0 Å². The predicted molar refractivity (Wildman–Crippen MR) is 77.3 cm³/mol. The summed E-state index contributed by atoms with van der Waals surface area (Å²) in [5.74, 6) is 1.16. The maximum atomic E-state index is 6.12. The number of hydrogen-bond acceptors (Lipinski definition) is 2. The monoisotopic (exact) mass is 258 g/mol. The van der Waals surface area contributed by atoms with Gasteiger partial charge in [-0.2, -0.15) is 0 Å². The standard InChI is InChI=1S/C16H22N2O/c1-4-15-17-13-7-5-6-8-14(13)18(15)11-12-9-10-16(2,3)19-12/h5-8,12H,4,9-11H2,1-3H3. The average Bonchev–Trinajstić information content (AvgIpc) is 2.91. The van der Waals surface area contributed by atoms with Crippen molar-refractivity contribution in [2.24, 2.45) is 0 Å². The Kier molecular flexibility index (Phi) is 3.09. The van der Waals surface area contributed by atoms with Gasteiger partial charge in [-0.05, 0) is 38.8 Å². The molecule has 1 aliphatic rings. The fourth-order valence-corrected chi connectivity index (χ4v) is 3.01. The minimum atomic E-state index is 0.0351. The zero-order chi connectivity index (χ0) is 13.5. The van der Waals surface area contributed by atoms with E-state index in [0.717, 1.165) is 37.1 Å². The van der Waals surface area contributed by atoms with Crippen LogP contribution in [0.5, 0.6) is 0 Å². The molecule has 1 aromatic carbocycles. The second kappa shape index (κ2) is 4.64. The Morgan fingerprint density at radius 2 is 2.16 bits per heavy atom. The summed E-state index contributed by atoms with van der Waals surface area (Å²) < 4.78 is 8.46. The van der Waals surface area contributed by atoms with Gasteiger partial charge in [-0.25, -0.2) is 4.98 Å². The van der Waals surface area contributed by atoms with Crippen molar-refractivity contribution in [2.75, 3.05) is 0 Å². The summed E-state index contributed by atoms with van der Waals surface area (Å²) in [4.78, 5) is 4.72. The van der Waals surface area contributed by atoms with E-state index in [2.05, 4.69) is 43.5 Å². The number of benzene rings is 1. The van der Waals surface area contributed by atoms with Gasteiger partial charge >= 0.3 is 0 Å². The van der Waals surface area contributed by atoms with Crippen molar-refractivity contribution in [3.8, 4) is 0 Å². The van der Waals surface area contributed by atoms with Crippen LogP contribution in [-0.2, 0) is 17.7 Å². The molecule has 0 saturated carbocycles. The lowest BCUT2D eigenvalue weighted by Gasteiger charge is -2.20. The number of aromatic nitrogens is 2. The zero-order valence-corrected chi connectivity index (χ0v) is 12.0. The topological polar surface area (TPSA) is 27.1 Å². The van der Waals surface area contributed by atoms with Crippen molar-refractivity contribution in [3.05, 3.63) is 30.1 Å². The van der Waals surface area contributed by atoms with Crippen LogP contribution in [0.4, 0.5) is 0 Å². The average molecular weight is 258 g/mol. The Hall–Kier alpha value is -1.35. The van der Waals surface area contributed by atoms with Crippen LogP contribution in [0.3, 0.4) is 0 Å². The van der Waals surface area contributed by atoms with Crippen LogP contribution in [0.25, 0.3) is 11.0 Å². The first-order valence-electron chi connectivity index (χ1n) is 7.21. The quantitative estimate of drug-likeness (QED) is 0.841. The van der Waals surface area contributed by atoms with Crippen LogP contribution >= 0.6 is 0 Å². The van der Waals surface area contributed by atoms with Crippen LogP contribution in [-0.4, -0.2) is 21.3 Å². The van der Waals surface area contributed by atoms with Crippen molar-refractivity contribution >= 4 is 11.0 Å². The predicted octanol–water partition coefficient (Wildman–Crippen LogP) is 3.56. The molecule has 0 bridgehead atoms. The highest BCUT2D eigenvalue weighted by molar-refractivity contribution is 5.75. The third kappa shape index (κ3) is 2.39. The van der Waals surface area contributed by atoms with Gasteiger partial charge in [0.1, 0.15) is 5.82 Å². The van der Waals surface area contributed by atoms with Crippen molar-refractivity contribution in [3.63, 3.8) is 0 Å². The normalized spacial score (nSPS) is 22.2. The minimum Gasteiger partial charge on any atom is -0.370 e. The molecule has 3 rings (SSSR count). The second-order valence-electron chi connectivity index (χ2n) is 6.02. The molecule has 0 radical (unpaired) electrons. The van der Waals surface area contributed by atoms with E-state index < -0.39 is 0 Å². The van der Waals surface area contributed by atoms with Gasteiger partial charge in [0.05, 0.1) is 29.3 Å². The summed E-state index contributed by atoms with van der Waals surface area (Å²) in [5, 5.41) is 0. The molecule has 1 unspecified atom stereocenters. The molecule has 3 heteroatoms. The fraction of sp³-hybridized carbons (Fsp3) is 0.562. The van der Waals surface area contributed by atoms with Crippen LogP contribution in [0.2, 0.25) is 0 Å². The fourth-order valence-electron chi connectivity index (χ4n) is 3.01. The van der Waals surface area contributed by atoms with Crippen LogP contribution in [0, 0.1) is 0 Å². The second-order valence-corrected chi connectivity index (χ2v) is 6.02. The molecular weight excluding hydrogens is 236 g/mol. The molecule has 1 aromatic heterocycles. The summed E-state index contributed by atoms with van der Waals surface area (Å²) >= 11 is 0. The number of hydrogen-bond donors (Lipinski definition) is 0. The molecular formula is C16H22N2O. The van der Waals surface area contributed by atoms with Gasteiger partial charge in [-0.15, -0.1) is 0 Å². The van der Waals surface area contributed by atoms with Crippen LogP contribution in [0.1, 0.15) is 39.4 Å². The number of para-hydroxylation sites is 2. The molecule has 19 heavy (non-hydrogen) atoms. The van der Waals surface area contributed by atoms with E-state index in [1.54, 1.807) is 0 Å². The summed E-state index contributed by atoms with van der Waals surface area (Å²) in [5.41, 5.74) is 2.36. The summed E-state index contributed by atoms with van der Waals surface area (Å²) in [6.07, 6.45) is 3.57. The maximum absolute atomic E-state index is 6.12. The van der Waals surface area contributed by atoms with Gasteiger partial charge < -0.3 is 9.30 Å². The van der Waals surface area contributed by atoms with E-state index in [4.69, 9.17) is 9.72 Å². The molecule has 1 saturated heterocycles. The molecule has 2 aromatic rings. The SMILES string of the molecule is CCc1nc2ccccc2n1CC1CCC(C)(C)O1. The maximum Gasteiger partial charge on any atom is 0.109 e. The third-order valence-electron chi connectivity index (χ3n) is 3.99. The van der Waals surface area contributed by atoms with Crippen molar-refractivity contribution in [1.29, 1.82) is 0 Å². The number of fused-ring (bicyclic) bond motifs is 1. The third-order valence-corrected chi connectivity index (χ3v) is 3.99. The Balaban J connectivity index is 1.92. The van der Waals surface area contributed by atoms with Gasteiger partial charge in [0.25, 0.3) is 0 Å². The lowest BCUT2D eigenvalue weighted by molar-refractivity contribution is -0.0215. The molecule has 0 aliphatic carbocycles. The molecule has 1 fully saturated rings. The largest absolute Gasteiger partial charge is 0.370 e. The first-order chi connectivity index (χ1) is 9.09. The van der Waals surface area contributed by atoms with E-state index in [1.807, 2.05) is 6.07 Å². The Morgan fingerprint density at radius 1 is 1.37 bits per heavy atom. The minimum absolute atomic E-state index is 0.0351. The number of aryl methyl sites for hydroxylation is 1. The van der Waals surface area contributed by atoms with E-state index in [0.29, 0.717) is 6.10 Å². The smallest absolute Gasteiger partial charge is 0.109 e. The molecule has 0 spiro atoms. The highest BCUT2D eigenvalue weighted by Gasteiger charge is 2.32. The molecule has 3 nitrogen and oxygen atoms in total. The molecule has 1 aliphatic heterocycles. The molecule has 2 heterocycles. The number of ether oxygens (including phenoxy) is 1. The van der Waals surface area contributed by atoms with E-state index in [1.165, 1.54) is 5.52 Å². The molecule has 0 amide bonds. The Bertz CT molecular complexity index is 585. The Morgan fingerprint density at radius 3 is 2.84 bits per heavy atom. The van der Waals surface area contributed by atoms with Crippen molar-refractivity contribution < 1.29 is 4.74 Å². The first kappa shape index (κ1) is 12.7. The number of rotatable bonds is 3. The summed E-state index contributed by atoms with van der Waals surface area (Å²) in [6.45, 7) is 7.45. The van der Waals surface area contributed by atoms with Gasteiger partial charge in [-0.3, -0.25) is 0 Å². The highest BCUT2D eigenvalue weighted by atomic mass is 16.5. The van der Waals surface area contributed by atoms with Gasteiger partial charge in [0, 0.05) is 6.42 Å². The summed E-state index contributed by atoms with van der Waals surface area (Å²) in [7, 11) is 0. The number of imidazole rings is 1. The molecule has 0 N–H and O–H groups in total. The lowest BCUT2D eigenvalue weighted by Crippen LogP contribution is -2.23. The summed E-state index contributed by atoms with van der Waals surface area (Å²) in [6, 6.07) is 8.37. The van der Waals surface area contributed by atoms with Gasteiger partial charge in [-0.1, -0.05) is 19.1 Å². The molecule has 102 valence electrons. The highest BCUT2D eigenvalue weighted by Crippen LogP contribution is 2.31. The van der Waals surface area contributed by atoms with E-state index >= 15 is 0 Å². The Labute approximate surface area is 114 Å². The zero-order valence-electron chi connectivity index (χ0n) is 12.0.